The number of nitriles is 1. The number of amides is 2. The van der Waals surface area contributed by atoms with E-state index < -0.39 is 0 Å². The number of urea groups is 1. The average Bonchev–Trinajstić information content (AvgIpc) is 2.47. The van der Waals surface area contributed by atoms with Gasteiger partial charge in [-0.25, -0.2) is 4.79 Å². The maximum atomic E-state index is 11.7. The molecule has 2 N–H and O–H groups in total. The molecule has 2 amide bonds. The maximum absolute atomic E-state index is 11.7. The van der Waals surface area contributed by atoms with Crippen LogP contribution in [0.1, 0.15) is 11.1 Å². The quantitative estimate of drug-likeness (QED) is 0.902. The number of nitrogens with zero attached hydrogens (tertiary/aromatic N) is 1. The minimum atomic E-state index is -0.280. The van der Waals surface area contributed by atoms with E-state index in [-0.39, 0.29) is 6.03 Å². The molecule has 2 aromatic rings. The summed E-state index contributed by atoms with van der Waals surface area (Å²) in [5.74, 6) is 0. The topological polar surface area (TPSA) is 64.9 Å². The van der Waals surface area contributed by atoms with Gasteiger partial charge in [0.05, 0.1) is 11.6 Å². The van der Waals surface area contributed by atoms with Gasteiger partial charge in [0, 0.05) is 16.7 Å². The molecule has 0 bridgehead atoms. The van der Waals surface area contributed by atoms with Crippen molar-refractivity contribution in [2.45, 2.75) is 6.54 Å². The number of rotatable bonds is 3. The zero-order valence-electron chi connectivity index (χ0n) is 10.6. The maximum Gasteiger partial charge on any atom is 0.319 e. The molecule has 0 aliphatic carbocycles. The second kappa shape index (κ2) is 6.73. The molecule has 4 nitrogen and oxygen atoms in total. The van der Waals surface area contributed by atoms with Gasteiger partial charge in [-0.05, 0) is 42.0 Å². The van der Waals surface area contributed by atoms with Gasteiger partial charge in [-0.3, -0.25) is 0 Å². The van der Waals surface area contributed by atoms with E-state index in [1.165, 1.54) is 0 Å². The van der Waals surface area contributed by atoms with Crippen LogP contribution in [0.25, 0.3) is 0 Å². The number of hydrogen-bond donors (Lipinski definition) is 2. The summed E-state index contributed by atoms with van der Waals surface area (Å²) in [5, 5.41) is 14.2. The van der Waals surface area contributed by atoms with E-state index in [2.05, 4.69) is 26.6 Å². The molecular weight excluding hydrogens is 318 g/mol. The number of halogens is 1. The van der Waals surface area contributed by atoms with E-state index in [0.717, 1.165) is 10.0 Å². The Morgan fingerprint density at radius 3 is 2.35 bits per heavy atom. The predicted molar refractivity (Wildman–Crippen MR) is 81.2 cm³/mol. The summed E-state index contributed by atoms with van der Waals surface area (Å²) in [6, 6.07) is 16.2. The van der Waals surface area contributed by atoms with Crippen LogP contribution in [0.5, 0.6) is 0 Å². The number of hydrogen-bond acceptors (Lipinski definition) is 2. The lowest BCUT2D eigenvalue weighted by Crippen LogP contribution is -2.28. The van der Waals surface area contributed by atoms with Crippen LogP contribution in [-0.2, 0) is 6.54 Å². The lowest BCUT2D eigenvalue weighted by Gasteiger charge is -2.07. The molecule has 2 aromatic carbocycles. The number of anilines is 1. The first-order chi connectivity index (χ1) is 9.67. The third-order valence-electron chi connectivity index (χ3n) is 2.64. The minimum Gasteiger partial charge on any atom is -0.334 e. The van der Waals surface area contributed by atoms with E-state index in [9.17, 15) is 4.79 Å². The number of carbonyl (C=O) groups is 1. The number of benzene rings is 2. The molecule has 0 aliphatic rings. The van der Waals surface area contributed by atoms with Gasteiger partial charge in [0.1, 0.15) is 0 Å². The summed E-state index contributed by atoms with van der Waals surface area (Å²) in [4.78, 5) is 11.7. The highest BCUT2D eigenvalue weighted by Crippen LogP contribution is 2.11. The van der Waals surface area contributed by atoms with Crippen molar-refractivity contribution in [1.29, 1.82) is 5.26 Å². The fourth-order valence-corrected chi connectivity index (χ4v) is 1.85. The summed E-state index contributed by atoms with van der Waals surface area (Å²) >= 11 is 3.36. The Labute approximate surface area is 125 Å². The lowest BCUT2D eigenvalue weighted by molar-refractivity contribution is 0.251. The molecule has 0 saturated heterocycles. The van der Waals surface area contributed by atoms with Crippen molar-refractivity contribution in [1.82, 2.24) is 5.32 Å². The SMILES string of the molecule is N#Cc1ccc(NC(=O)NCc2ccc(Br)cc2)cc1. The van der Waals surface area contributed by atoms with E-state index in [0.29, 0.717) is 17.8 Å². The van der Waals surface area contributed by atoms with Gasteiger partial charge in [-0.2, -0.15) is 5.26 Å². The van der Waals surface area contributed by atoms with Crippen molar-refractivity contribution < 1.29 is 4.79 Å². The molecular formula is C15H12BrN3O. The Morgan fingerprint density at radius 2 is 1.75 bits per heavy atom. The first-order valence-electron chi connectivity index (χ1n) is 5.97. The molecule has 0 heterocycles. The number of nitrogens with one attached hydrogen (secondary N) is 2. The van der Waals surface area contributed by atoms with Gasteiger partial charge in [0.25, 0.3) is 0 Å². The molecule has 20 heavy (non-hydrogen) atoms. The summed E-state index contributed by atoms with van der Waals surface area (Å²) < 4.78 is 1.00. The molecule has 0 unspecified atom stereocenters. The third-order valence-corrected chi connectivity index (χ3v) is 3.17. The Kier molecular flexibility index (Phi) is 4.75. The van der Waals surface area contributed by atoms with Crippen LogP contribution >= 0.6 is 15.9 Å². The van der Waals surface area contributed by atoms with Crippen LogP contribution in [0.2, 0.25) is 0 Å². The van der Waals surface area contributed by atoms with Gasteiger partial charge in [0.2, 0.25) is 0 Å². The van der Waals surface area contributed by atoms with Crippen molar-refractivity contribution in [2.75, 3.05) is 5.32 Å². The van der Waals surface area contributed by atoms with Crippen LogP contribution in [0.4, 0.5) is 10.5 Å². The molecule has 0 spiro atoms. The van der Waals surface area contributed by atoms with Gasteiger partial charge >= 0.3 is 6.03 Å². The van der Waals surface area contributed by atoms with E-state index in [4.69, 9.17) is 5.26 Å². The Hall–Kier alpha value is -2.32. The molecule has 0 atom stereocenters. The monoisotopic (exact) mass is 329 g/mol. The van der Waals surface area contributed by atoms with Crippen LogP contribution in [0.15, 0.2) is 53.0 Å². The Morgan fingerprint density at radius 1 is 1.10 bits per heavy atom. The summed E-state index contributed by atoms with van der Waals surface area (Å²) in [6.45, 7) is 0.454. The van der Waals surface area contributed by atoms with Crippen molar-refractivity contribution in [2.24, 2.45) is 0 Å². The molecule has 0 aromatic heterocycles. The summed E-state index contributed by atoms with van der Waals surface area (Å²) in [5.41, 5.74) is 2.23. The largest absolute Gasteiger partial charge is 0.334 e. The zero-order chi connectivity index (χ0) is 14.4. The highest BCUT2D eigenvalue weighted by Gasteiger charge is 2.01. The van der Waals surface area contributed by atoms with E-state index in [1.807, 2.05) is 30.3 Å². The van der Waals surface area contributed by atoms with Crippen LogP contribution in [-0.4, -0.2) is 6.03 Å². The van der Waals surface area contributed by atoms with Gasteiger partial charge in [-0.15, -0.1) is 0 Å². The van der Waals surface area contributed by atoms with E-state index in [1.54, 1.807) is 24.3 Å². The van der Waals surface area contributed by atoms with Crippen LogP contribution in [0.3, 0.4) is 0 Å². The average molecular weight is 330 g/mol. The first kappa shape index (κ1) is 14.1. The van der Waals surface area contributed by atoms with Gasteiger partial charge < -0.3 is 10.6 Å². The standard InChI is InChI=1S/C15H12BrN3O/c16-13-5-1-12(2-6-13)10-18-15(20)19-14-7-3-11(9-17)4-8-14/h1-8H,10H2,(H2,18,19,20). The molecule has 0 fully saturated rings. The second-order valence-electron chi connectivity index (χ2n) is 4.12. The summed E-state index contributed by atoms with van der Waals surface area (Å²) in [7, 11) is 0. The Bertz CT molecular complexity index is 630. The molecule has 0 aliphatic heterocycles. The number of carbonyl (C=O) groups excluding carboxylic acids is 1. The van der Waals surface area contributed by atoms with Crippen LogP contribution in [0, 0.1) is 11.3 Å². The molecule has 0 radical (unpaired) electrons. The van der Waals surface area contributed by atoms with Gasteiger partial charge in [0.15, 0.2) is 0 Å². The molecule has 100 valence electrons. The molecule has 2 rings (SSSR count). The Balaban J connectivity index is 1.86. The fraction of sp³-hybridized carbons (Fsp3) is 0.0667. The lowest BCUT2D eigenvalue weighted by atomic mass is 10.2. The van der Waals surface area contributed by atoms with Crippen molar-refractivity contribution in [3.05, 3.63) is 64.1 Å². The third kappa shape index (κ3) is 4.11. The van der Waals surface area contributed by atoms with Crippen molar-refractivity contribution in [3.63, 3.8) is 0 Å². The predicted octanol–water partition coefficient (Wildman–Crippen LogP) is 3.64. The second-order valence-corrected chi connectivity index (χ2v) is 5.04. The molecule has 5 heteroatoms. The normalized spacial score (nSPS) is 9.60. The smallest absolute Gasteiger partial charge is 0.319 e. The highest BCUT2D eigenvalue weighted by atomic mass is 79.9. The first-order valence-corrected chi connectivity index (χ1v) is 6.76. The fourth-order valence-electron chi connectivity index (χ4n) is 1.59. The highest BCUT2D eigenvalue weighted by molar-refractivity contribution is 9.10. The van der Waals surface area contributed by atoms with Crippen molar-refractivity contribution in [3.8, 4) is 6.07 Å². The molecule has 0 saturated carbocycles. The minimum absolute atomic E-state index is 0.280. The summed E-state index contributed by atoms with van der Waals surface area (Å²) in [6.07, 6.45) is 0. The van der Waals surface area contributed by atoms with Gasteiger partial charge in [-0.1, -0.05) is 28.1 Å². The van der Waals surface area contributed by atoms with Crippen molar-refractivity contribution >= 4 is 27.6 Å². The zero-order valence-corrected chi connectivity index (χ0v) is 12.1. The van der Waals surface area contributed by atoms with E-state index >= 15 is 0 Å². The van der Waals surface area contributed by atoms with Crippen LogP contribution < -0.4 is 10.6 Å².